The second kappa shape index (κ2) is 8.34. The van der Waals surface area contributed by atoms with Crippen LogP contribution in [0, 0.1) is 5.92 Å². The number of carbonyl (C=O) groups excluding carboxylic acids is 2. The normalized spacial score (nSPS) is 18.2. The van der Waals surface area contributed by atoms with Gasteiger partial charge in [0, 0.05) is 36.7 Å². The predicted octanol–water partition coefficient (Wildman–Crippen LogP) is 3.03. The molecule has 1 saturated heterocycles. The molecule has 2 amide bonds. The molecule has 0 bridgehead atoms. The Balaban J connectivity index is 1.35. The van der Waals surface area contributed by atoms with Gasteiger partial charge < -0.3 is 10.6 Å². The molecule has 174 valence electrons. The molecular weight excluding hydrogens is 428 g/mol. The molecule has 0 unspecified atom stereocenters. The first kappa shape index (κ1) is 21.0. The molecule has 0 atom stereocenters. The van der Waals surface area contributed by atoms with Crippen LogP contribution in [0.3, 0.4) is 0 Å². The largest absolute Gasteiger partial charge is 0.369 e. The van der Waals surface area contributed by atoms with Crippen molar-refractivity contribution in [2.75, 3.05) is 13.1 Å². The number of carbonyl (C=O) groups is 2. The van der Waals surface area contributed by atoms with Crippen molar-refractivity contribution >= 4 is 11.8 Å². The zero-order chi connectivity index (χ0) is 23.2. The minimum Gasteiger partial charge on any atom is -0.369 e. The Morgan fingerprint density at radius 2 is 1.74 bits per heavy atom. The second-order valence-corrected chi connectivity index (χ2v) is 9.65. The molecule has 34 heavy (non-hydrogen) atoms. The summed E-state index contributed by atoms with van der Waals surface area (Å²) >= 11 is 0. The highest BCUT2D eigenvalue weighted by Gasteiger charge is 2.36. The molecule has 1 aromatic carbocycles. The van der Waals surface area contributed by atoms with Crippen LogP contribution in [0.15, 0.2) is 36.7 Å². The minimum absolute atomic E-state index is 0.0313. The maximum atomic E-state index is 13.4. The van der Waals surface area contributed by atoms with Crippen LogP contribution in [-0.4, -0.2) is 49.6 Å². The maximum Gasteiger partial charge on any atom is 0.257 e. The third-order valence-corrected chi connectivity index (χ3v) is 7.39. The van der Waals surface area contributed by atoms with E-state index in [-0.39, 0.29) is 17.7 Å². The number of benzene rings is 1. The van der Waals surface area contributed by atoms with Crippen molar-refractivity contribution in [3.8, 4) is 17.2 Å². The van der Waals surface area contributed by atoms with Gasteiger partial charge >= 0.3 is 0 Å². The van der Waals surface area contributed by atoms with E-state index in [4.69, 9.17) is 10.7 Å². The van der Waals surface area contributed by atoms with Crippen LogP contribution in [-0.2, 0) is 17.6 Å². The number of aromatic nitrogens is 4. The van der Waals surface area contributed by atoms with E-state index in [1.54, 1.807) is 10.9 Å². The standard InChI is InChI=1S/C26H28N6O2/c27-24(33)18-10-12-31(13-11-18)25(34)21-15-29-32(23(21)17-8-9-17)26-28-14-19-6-3-5-16-4-1-2-7-20(16)22(19)30-26/h1-2,4,7,14-15,17-18H,3,5-6,8-13H2,(H2,27,33). The fraction of sp³-hybridized carbons (Fsp3) is 0.423. The summed E-state index contributed by atoms with van der Waals surface area (Å²) in [4.78, 5) is 36.4. The maximum absolute atomic E-state index is 13.4. The van der Waals surface area contributed by atoms with Crippen molar-refractivity contribution in [1.29, 1.82) is 0 Å². The Morgan fingerprint density at radius 3 is 2.50 bits per heavy atom. The predicted molar refractivity (Wildman–Crippen MR) is 126 cm³/mol. The lowest BCUT2D eigenvalue weighted by Crippen LogP contribution is -2.41. The first-order valence-electron chi connectivity index (χ1n) is 12.2. The van der Waals surface area contributed by atoms with Crippen molar-refractivity contribution in [2.24, 2.45) is 11.7 Å². The number of fused-ring (bicyclic) bond motifs is 3. The van der Waals surface area contributed by atoms with Gasteiger partial charge in [0.25, 0.3) is 11.9 Å². The van der Waals surface area contributed by atoms with E-state index in [0.29, 0.717) is 43.4 Å². The van der Waals surface area contributed by atoms with Gasteiger partial charge in [0.05, 0.1) is 23.1 Å². The van der Waals surface area contributed by atoms with Crippen LogP contribution in [0.4, 0.5) is 0 Å². The molecular formula is C26H28N6O2. The van der Waals surface area contributed by atoms with Gasteiger partial charge in [0.1, 0.15) is 0 Å². The number of primary amides is 1. The number of nitrogens with zero attached hydrogens (tertiary/aromatic N) is 5. The molecule has 3 aliphatic rings. The van der Waals surface area contributed by atoms with E-state index in [9.17, 15) is 9.59 Å². The summed E-state index contributed by atoms with van der Waals surface area (Å²) in [6.07, 6.45) is 9.93. The lowest BCUT2D eigenvalue weighted by atomic mass is 9.96. The SMILES string of the molecule is NC(=O)C1CCN(C(=O)c2cnn(-c3ncc4c(n3)-c3ccccc3CCC4)c2C2CC2)CC1. The molecule has 8 heteroatoms. The van der Waals surface area contributed by atoms with Gasteiger partial charge in [0.15, 0.2) is 0 Å². The van der Waals surface area contributed by atoms with Gasteiger partial charge in [-0.2, -0.15) is 5.10 Å². The minimum atomic E-state index is -0.277. The summed E-state index contributed by atoms with van der Waals surface area (Å²) < 4.78 is 1.77. The van der Waals surface area contributed by atoms with E-state index in [1.807, 2.05) is 11.1 Å². The fourth-order valence-electron chi connectivity index (χ4n) is 5.32. The molecule has 2 fully saturated rings. The summed E-state index contributed by atoms with van der Waals surface area (Å²) in [6.45, 7) is 1.07. The third kappa shape index (κ3) is 3.67. The van der Waals surface area contributed by atoms with Gasteiger partial charge in [0.2, 0.25) is 5.91 Å². The van der Waals surface area contributed by atoms with E-state index in [0.717, 1.165) is 54.6 Å². The quantitative estimate of drug-likeness (QED) is 0.649. The van der Waals surface area contributed by atoms with Gasteiger partial charge in [-0.25, -0.2) is 14.6 Å². The van der Waals surface area contributed by atoms with Crippen LogP contribution in [0.25, 0.3) is 17.2 Å². The molecule has 2 aromatic heterocycles. The number of amides is 2. The first-order valence-corrected chi connectivity index (χ1v) is 12.2. The summed E-state index contributed by atoms with van der Waals surface area (Å²) in [5.74, 6) is 0.352. The Morgan fingerprint density at radius 1 is 0.971 bits per heavy atom. The molecule has 6 rings (SSSR count). The van der Waals surface area contributed by atoms with E-state index in [1.165, 1.54) is 5.56 Å². The van der Waals surface area contributed by atoms with E-state index in [2.05, 4.69) is 34.3 Å². The number of likely N-dealkylation sites (tertiary alicyclic amines) is 1. The summed E-state index contributed by atoms with van der Waals surface area (Å²) in [7, 11) is 0. The molecule has 2 N–H and O–H groups in total. The Bertz CT molecular complexity index is 1270. The van der Waals surface area contributed by atoms with Crippen LogP contribution in [0.1, 0.15) is 65.2 Å². The van der Waals surface area contributed by atoms with Crippen molar-refractivity contribution in [3.05, 3.63) is 59.0 Å². The summed E-state index contributed by atoms with van der Waals surface area (Å²) in [5, 5.41) is 4.61. The highest BCUT2D eigenvalue weighted by Crippen LogP contribution is 2.43. The van der Waals surface area contributed by atoms with E-state index >= 15 is 0 Å². The molecule has 1 aliphatic heterocycles. The lowest BCUT2D eigenvalue weighted by molar-refractivity contribution is -0.123. The number of rotatable bonds is 4. The van der Waals surface area contributed by atoms with Crippen molar-refractivity contribution in [1.82, 2.24) is 24.6 Å². The van der Waals surface area contributed by atoms with Gasteiger partial charge in [-0.15, -0.1) is 0 Å². The summed E-state index contributed by atoms with van der Waals surface area (Å²) in [5.41, 5.74) is 11.6. The molecule has 3 heterocycles. The Labute approximate surface area is 198 Å². The van der Waals surface area contributed by atoms with Crippen molar-refractivity contribution < 1.29 is 9.59 Å². The number of nitrogens with two attached hydrogens (primary N) is 1. The first-order chi connectivity index (χ1) is 16.6. The second-order valence-electron chi connectivity index (χ2n) is 9.65. The lowest BCUT2D eigenvalue weighted by Gasteiger charge is -2.30. The highest BCUT2D eigenvalue weighted by atomic mass is 16.2. The van der Waals surface area contributed by atoms with E-state index < -0.39 is 0 Å². The Kier molecular flexibility index (Phi) is 5.16. The number of piperidine rings is 1. The topological polar surface area (TPSA) is 107 Å². The molecule has 0 spiro atoms. The average Bonchev–Trinajstić information content (AvgIpc) is 3.64. The van der Waals surface area contributed by atoms with Crippen LogP contribution in [0.2, 0.25) is 0 Å². The Hall–Kier alpha value is -3.55. The van der Waals surface area contributed by atoms with Crippen LogP contribution >= 0.6 is 0 Å². The zero-order valence-electron chi connectivity index (χ0n) is 19.1. The van der Waals surface area contributed by atoms with Crippen LogP contribution in [0.5, 0.6) is 0 Å². The molecule has 8 nitrogen and oxygen atoms in total. The van der Waals surface area contributed by atoms with Crippen molar-refractivity contribution in [3.63, 3.8) is 0 Å². The smallest absolute Gasteiger partial charge is 0.257 e. The average molecular weight is 457 g/mol. The number of hydrogen-bond acceptors (Lipinski definition) is 5. The highest BCUT2D eigenvalue weighted by molar-refractivity contribution is 5.95. The molecule has 0 radical (unpaired) electrons. The third-order valence-electron chi connectivity index (χ3n) is 7.39. The molecule has 2 aliphatic carbocycles. The zero-order valence-corrected chi connectivity index (χ0v) is 19.1. The number of aryl methyl sites for hydroxylation is 2. The fourth-order valence-corrected chi connectivity index (χ4v) is 5.32. The monoisotopic (exact) mass is 456 g/mol. The molecule has 3 aromatic rings. The van der Waals surface area contributed by atoms with Gasteiger partial charge in [-0.05, 0) is 56.1 Å². The van der Waals surface area contributed by atoms with Crippen molar-refractivity contribution in [2.45, 2.75) is 50.9 Å². The van der Waals surface area contributed by atoms with Gasteiger partial charge in [-0.3, -0.25) is 9.59 Å². The molecule has 1 saturated carbocycles. The summed E-state index contributed by atoms with van der Waals surface area (Å²) in [6, 6.07) is 8.44. The van der Waals surface area contributed by atoms with Gasteiger partial charge in [-0.1, -0.05) is 24.3 Å². The van der Waals surface area contributed by atoms with Crippen LogP contribution < -0.4 is 5.73 Å². The number of hydrogen-bond donors (Lipinski definition) is 1.